The minimum absolute atomic E-state index is 0.885. The van der Waals surface area contributed by atoms with Gasteiger partial charge in [-0.2, -0.15) is 0 Å². The maximum absolute atomic E-state index is 3.89. The molecule has 0 saturated heterocycles. The summed E-state index contributed by atoms with van der Waals surface area (Å²) in [5.74, 6) is 0. The van der Waals surface area contributed by atoms with Crippen LogP contribution in [0.5, 0.6) is 0 Å². The summed E-state index contributed by atoms with van der Waals surface area (Å²) in [6.45, 7) is 4.98. The topological polar surface area (TPSA) is 12.0 Å². The number of benzene rings is 1. The second-order valence-electron chi connectivity index (χ2n) is 2.88. The highest BCUT2D eigenvalue weighted by Gasteiger charge is 2.11. The van der Waals surface area contributed by atoms with Gasteiger partial charge in [-0.3, -0.25) is 0 Å². The summed E-state index contributed by atoms with van der Waals surface area (Å²) in [6, 6.07) is 6.45. The van der Waals surface area contributed by atoms with Gasteiger partial charge >= 0.3 is 0 Å². The minimum Gasteiger partial charge on any atom is -0.384 e. The Balaban J connectivity index is 2.50. The summed E-state index contributed by atoms with van der Waals surface area (Å²) in [7, 11) is 0. The molecule has 0 aliphatic carbocycles. The minimum atomic E-state index is 0.885. The van der Waals surface area contributed by atoms with E-state index in [1.165, 1.54) is 23.2 Å². The monoisotopic (exact) mass is 146 g/mol. The second kappa shape index (κ2) is 2.57. The van der Waals surface area contributed by atoms with Gasteiger partial charge in [-0.15, -0.1) is 0 Å². The molecule has 0 spiro atoms. The molecule has 1 aliphatic heterocycles. The molecule has 1 aliphatic rings. The zero-order valence-corrected chi connectivity index (χ0v) is 6.56. The molecule has 0 saturated carbocycles. The van der Waals surface area contributed by atoms with Crippen LogP contribution in [0.4, 0.5) is 5.69 Å². The predicted octanol–water partition coefficient (Wildman–Crippen LogP) is 2.03. The quantitative estimate of drug-likeness (QED) is 0.639. The van der Waals surface area contributed by atoms with Crippen LogP contribution in [0, 0.1) is 6.92 Å². The molecule has 0 fully saturated rings. The van der Waals surface area contributed by atoms with E-state index in [-0.39, 0.29) is 0 Å². The van der Waals surface area contributed by atoms with Gasteiger partial charge in [0.1, 0.15) is 0 Å². The van der Waals surface area contributed by atoms with Crippen molar-refractivity contribution in [1.29, 1.82) is 0 Å². The van der Waals surface area contributed by atoms with Crippen molar-refractivity contribution in [3.05, 3.63) is 36.2 Å². The molecule has 57 valence electrons. The second-order valence-corrected chi connectivity index (χ2v) is 2.88. The molecular weight excluding hydrogens is 134 g/mol. The lowest BCUT2D eigenvalue weighted by Gasteiger charge is -2.04. The lowest BCUT2D eigenvalue weighted by Crippen LogP contribution is -1.94. The zero-order valence-electron chi connectivity index (χ0n) is 6.56. The van der Waals surface area contributed by atoms with E-state index in [9.17, 15) is 0 Å². The van der Waals surface area contributed by atoms with Crippen LogP contribution in [0.15, 0.2) is 18.2 Å². The molecule has 1 heterocycles. The average molecular weight is 146 g/mol. The van der Waals surface area contributed by atoms with Gasteiger partial charge in [-0.1, -0.05) is 18.2 Å². The highest BCUT2D eigenvalue weighted by molar-refractivity contribution is 5.61. The highest BCUT2D eigenvalue weighted by Crippen LogP contribution is 2.26. The van der Waals surface area contributed by atoms with Crippen molar-refractivity contribution >= 4 is 5.69 Å². The Bertz CT molecular complexity index is 266. The van der Waals surface area contributed by atoms with Crippen LogP contribution in [0.25, 0.3) is 0 Å². The molecule has 11 heavy (non-hydrogen) atoms. The first-order chi connectivity index (χ1) is 5.42. The number of hydrogen-bond donors (Lipinski definition) is 1. The Labute approximate surface area is 67.4 Å². The Morgan fingerprint density at radius 2 is 2.36 bits per heavy atom. The van der Waals surface area contributed by atoms with Crippen molar-refractivity contribution in [2.24, 2.45) is 0 Å². The lowest BCUT2D eigenvalue weighted by atomic mass is 10.1. The van der Waals surface area contributed by atoms with Crippen molar-refractivity contribution < 1.29 is 0 Å². The molecule has 0 unspecified atom stereocenters. The Morgan fingerprint density at radius 1 is 1.45 bits per heavy atom. The predicted molar refractivity (Wildman–Crippen MR) is 47.7 cm³/mol. The van der Waals surface area contributed by atoms with Crippen molar-refractivity contribution in [1.82, 2.24) is 0 Å². The number of fused-ring (bicyclic) bond motifs is 1. The van der Waals surface area contributed by atoms with Gasteiger partial charge in [0.05, 0.1) is 0 Å². The number of rotatable bonds is 1. The third kappa shape index (κ3) is 1.01. The molecule has 0 bridgehead atoms. The van der Waals surface area contributed by atoms with Gasteiger partial charge in [-0.05, 0) is 30.9 Å². The number of hydrogen-bond acceptors (Lipinski definition) is 1. The fourth-order valence-corrected chi connectivity index (χ4v) is 1.62. The van der Waals surface area contributed by atoms with E-state index >= 15 is 0 Å². The van der Waals surface area contributed by atoms with Gasteiger partial charge < -0.3 is 5.32 Å². The van der Waals surface area contributed by atoms with E-state index in [0.717, 1.165) is 13.0 Å². The van der Waals surface area contributed by atoms with E-state index < -0.39 is 0 Å². The summed E-state index contributed by atoms with van der Waals surface area (Å²) < 4.78 is 0. The highest BCUT2D eigenvalue weighted by atomic mass is 14.9. The van der Waals surface area contributed by atoms with Gasteiger partial charge in [0.25, 0.3) is 0 Å². The Kier molecular flexibility index (Phi) is 1.57. The first-order valence-electron chi connectivity index (χ1n) is 4.05. The number of nitrogens with one attached hydrogen (secondary N) is 1. The van der Waals surface area contributed by atoms with Crippen LogP contribution in [0.1, 0.15) is 11.1 Å². The van der Waals surface area contributed by atoms with E-state index in [4.69, 9.17) is 0 Å². The molecular formula is C10H12N. The van der Waals surface area contributed by atoms with Gasteiger partial charge in [-0.25, -0.2) is 0 Å². The normalized spacial score (nSPS) is 14.3. The summed E-state index contributed by atoms with van der Waals surface area (Å²) >= 11 is 0. The Hall–Kier alpha value is -0.980. The molecule has 1 radical (unpaired) electrons. The molecule has 1 aromatic rings. The average Bonchev–Trinajstić information content (AvgIpc) is 2.50. The van der Waals surface area contributed by atoms with Crippen LogP contribution in [0.3, 0.4) is 0 Å². The lowest BCUT2D eigenvalue weighted by molar-refractivity contribution is 1.11. The van der Waals surface area contributed by atoms with Gasteiger partial charge in [0.15, 0.2) is 0 Å². The standard InChI is InChI=1S/C10H12N/c1-2-8-4-3-5-9-6-7-11-10(8)9/h3-5,11H,1-2,6-7H2. The fraction of sp³-hybridized carbons (Fsp3) is 0.300. The Morgan fingerprint density at radius 3 is 3.18 bits per heavy atom. The summed E-state index contributed by atoms with van der Waals surface area (Å²) in [5, 5.41) is 3.38. The van der Waals surface area contributed by atoms with Crippen LogP contribution >= 0.6 is 0 Å². The van der Waals surface area contributed by atoms with Crippen LogP contribution in [0.2, 0.25) is 0 Å². The summed E-state index contributed by atoms with van der Waals surface area (Å²) in [6.07, 6.45) is 2.05. The zero-order chi connectivity index (χ0) is 7.68. The van der Waals surface area contributed by atoms with Crippen LogP contribution in [-0.2, 0) is 12.8 Å². The van der Waals surface area contributed by atoms with E-state index in [1.807, 2.05) is 0 Å². The van der Waals surface area contributed by atoms with E-state index in [2.05, 4.69) is 30.4 Å². The van der Waals surface area contributed by atoms with Gasteiger partial charge in [0.2, 0.25) is 0 Å². The molecule has 1 heteroatoms. The first-order valence-corrected chi connectivity index (χ1v) is 4.05. The van der Waals surface area contributed by atoms with Gasteiger partial charge in [0, 0.05) is 12.2 Å². The van der Waals surface area contributed by atoms with Crippen molar-refractivity contribution in [3.63, 3.8) is 0 Å². The van der Waals surface area contributed by atoms with Crippen molar-refractivity contribution in [2.45, 2.75) is 12.8 Å². The molecule has 1 aromatic carbocycles. The maximum atomic E-state index is 3.89. The molecule has 1 N–H and O–H groups in total. The van der Waals surface area contributed by atoms with Crippen molar-refractivity contribution in [2.75, 3.05) is 11.9 Å². The van der Waals surface area contributed by atoms with E-state index in [1.54, 1.807) is 0 Å². The molecule has 2 rings (SSSR count). The van der Waals surface area contributed by atoms with E-state index in [0.29, 0.717) is 0 Å². The maximum Gasteiger partial charge on any atom is 0.0406 e. The van der Waals surface area contributed by atoms with Crippen LogP contribution in [-0.4, -0.2) is 6.54 Å². The summed E-state index contributed by atoms with van der Waals surface area (Å²) in [5.41, 5.74) is 4.13. The largest absolute Gasteiger partial charge is 0.384 e. The number of para-hydroxylation sites is 1. The fourth-order valence-electron chi connectivity index (χ4n) is 1.62. The third-order valence-electron chi connectivity index (χ3n) is 2.20. The smallest absolute Gasteiger partial charge is 0.0406 e. The van der Waals surface area contributed by atoms with Crippen LogP contribution < -0.4 is 5.32 Å². The first kappa shape index (κ1) is 6.71. The van der Waals surface area contributed by atoms with Crippen molar-refractivity contribution in [3.8, 4) is 0 Å². The molecule has 1 nitrogen and oxygen atoms in total. The number of anilines is 1. The molecule has 0 aromatic heterocycles. The molecule has 0 amide bonds. The SMILES string of the molecule is [CH2]Cc1cccc2c1NCC2. The third-order valence-corrected chi connectivity index (χ3v) is 2.20. The molecule has 0 atom stereocenters. The summed E-state index contributed by atoms with van der Waals surface area (Å²) in [4.78, 5) is 0.